The van der Waals surface area contributed by atoms with Crippen LogP contribution in [0.15, 0.2) is 53.4 Å². The van der Waals surface area contributed by atoms with Gasteiger partial charge in [-0.1, -0.05) is 12.1 Å². The molecule has 0 radical (unpaired) electrons. The molecule has 0 fully saturated rings. The summed E-state index contributed by atoms with van der Waals surface area (Å²) in [6, 6.07) is 12.6. The number of methoxy groups -OCH3 is 1. The first kappa shape index (κ1) is 20.6. The number of hydrogen-bond donors (Lipinski definition) is 0. The van der Waals surface area contributed by atoms with Gasteiger partial charge in [0, 0.05) is 0 Å². The van der Waals surface area contributed by atoms with Gasteiger partial charge in [0.25, 0.3) is 10.0 Å². The van der Waals surface area contributed by atoms with Gasteiger partial charge in [-0.15, -0.1) is 0 Å². The molecule has 2 rings (SSSR count). The summed E-state index contributed by atoms with van der Waals surface area (Å²) in [5.74, 6) is 0.239. The molecule has 0 spiro atoms. The fourth-order valence-corrected chi connectivity index (χ4v) is 3.86. The molecule has 0 aromatic heterocycles. The Morgan fingerprint density at radius 3 is 2.26 bits per heavy atom. The molecule has 8 heteroatoms. The number of ether oxygens (including phenoxy) is 3. The van der Waals surface area contributed by atoms with Crippen molar-refractivity contribution < 1.29 is 27.4 Å². The summed E-state index contributed by atoms with van der Waals surface area (Å²) in [6.07, 6.45) is 0. The SMILES string of the molecule is CCOC(=O)CN(c1ccccc1OCC)S(=O)(=O)c1ccc(OC)cc1. The number of anilines is 1. The van der Waals surface area contributed by atoms with Crippen LogP contribution in [-0.4, -0.2) is 41.3 Å². The van der Waals surface area contributed by atoms with Crippen LogP contribution in [0.3, 0.4) is 0 Å². The second kappa shape index (κ2) is 9.27. The van der Waals surface area contributed by atoms with E-state index in [0.29, 0.717) is 18.1 Å². The molecule has 0 aliphatic heterocycles. The molecule has 0 aliphatic rings. The number of nitrogens with zero attached hydrogens (tertiary/aromatic N) is 1. The van der Waals surface area contributed by atoms with Crippen LogP contribution in [0.4, 0.5) is 5.69 Å². The average molecular weight is 393 g/mol. The average Bonchev–Trinajstić information content (AvgIpc) is 2.67. The van der Waals surface area contributed by atoms with E-state index < -0.39 is 22.5 Å². The molecule has 27 heavy (non-hydrogen) atoms. The molecular weight excluding hydrogens is 370 g/mol. The Morgan fingerprint density at radius 2 is 1.67 bits per heavy atom. The van der Waals surface area contributed by atoms with Gasteiger partial charge in [-0.3, -0.25) is 9.10 Å². The maximum Gasteiger partial charge on any atom is 0.326 e. The molecule has 0 saturated heterocycles. The fourth-order valence-electron chi connectivity index (χ4n) is 2.44. The molecule has 0 N–H and O–H groups in total. The highest BCUT2D eigenvalue weighted by molar-refractivity contribution is 7.92. The number of esters is 1. The van der Waals surface area contributed by atoms with Crippen LogP contribution in [0.2, 0.25) is 0 Å². The number of para-hydroxylation sites is 2. The van der Waals surface area contributed by atoms with E-state index in [1.54, 1.807) is 50.2 Å². The Hall–Kier alpha value is -2.74. The van der Waals surface area contributed by atoms with Crippen molar-refractivity contribution in [2.24, 2.45) is 0 Å². The monoisotopic (exact) mass is 393 g/mol. The molecule has 0 bridgehead atoms. The fraction of sp³-hybridized carbons (Fsp3) is 0.316. The van der Waals surface area contributed by atoms with E-state index >= 15 is 0 Å². The highest BCUT2D eigenvalue weighted by Crippen LogP contribution is 2.32. The zero-order valence-corrected chi connectivity index (χ0v) is 16.4. The summed E-state index contributed by atoms with van der Waals surface area (Å²) in [5, 5.41) is 0. The van der Waals surface area contributed by atoms with Gasteiger partial charge in [-0.05, 0) is 50.2 Å². The van der Waals surface area contributed by atoms with Crippen molar-refractivity contribution in [3.8, 4) is 11.5 Å². The molecule has 0 saturated carbocycles. The minimum Gasteiger partial charge on any atom is -0.497 e. The van der Waals surface area contributed by atoms with Crippen molar-refractivity contribution in [2.75, 3.05) is 31.2 Å². The minimum absolute atomic E-state index is 0.0268. The van der Waals surface area contributed by atoms with Gasteiger partial charge in [-0.25, -0.2) is 8.42 Å². The normalized spacial score (nSPS) is 10.9. The van der Waals surface area contributed by atoms with E-state index in [-0.39, 0.29) is 17.2 Å². The number of rotatable bonds is 9. The molecule has 2 aromatic rings. The van der Waals surface area contributed by atoms with Crippen LogP contribution in [0.1, 0.15) is 13.8 Å². The Labute approximate surface area is 159 Å². The Balaban J connectivity index is 2.52. The van der Waals surface area contributed by atoms with Crippen molar-refractivity contribution >= 4 is 21.7 Å². The number of benzene rings is 2. The highest BCUT2D eigenvalue weighted by Gasteiger charge is 2.29. The summed E-state index contributed by atoms with van der Waals surface area (Å²) in [7, 11) is -2.54. The standard InChI is InChI=1S/C19H23NO6S/c1-4-25-18-9-7-6-8-17(18)20(14-19(21)26-5-2)27(22,23)16-12-10-15(24-3)11-13-16/h6-13H,4-5,14H2,1-3H3. The topological polar surface area (TPSA) is 82.1 Å². The van der Waals surface area contributed by atoms with E-state index in [4.69, 9.17) is 14.2 Å². The number of sulfonamides is 1. The third kappa shape index (κ3) is 4.91. The first-order valence-electron chi connectivity index (χ1n) is 8.48. The first-order chi connectivity index (χ1) is 12.9. The van der Waals surface area contributed by atoms with Gasteiger partial charge in [-0.2, -0.15) is 0 Å². The Bertz CT molecular complexity index is 864. The molecule has 0 heterocycles. The molecule has 2 aromatic carbocycles. The molecular formula is C19H23NO6S. The van der Waals surface area contributed by atoms with Gasteiger partial charge in [0.2, 0.25) is 0 Å². The van der Waals surface area contributed by atoms with Gasteiger partial charge in [0.15, 0.2) is 0 Å². The smallest absolute Gasteiger partial charge is 0.326 e. The molecule has 146 valence electrons. The predicted molar refractivity (Wildman–Crippen MR) is 102 cm³/mol. The quantitative estimate of drug-likeness (QED) is 0.610. The number of carbonyl (C=O) groups excluding carboxylic acids is 1. The molecule has 0 unspecified atom stereocenters. The van der Waals surface area contributed by atoms with E-state index in [2.05, 4.69) is 0 Å². The first-order valence-corrected chi connectivity index (χ1v) is 9.92. The van der Waals surface area contributed by atoms with Crippen molar-refractivity contribution in [1.29, 1.82) is 0 Å². The van der Waals surface area contributed by atoms with Crippen LogP contribution in [0, 0.1) is 0 Å². The van der Waals surface area contributed by atoms with Gasteiger partial charge >= 0.3 is 5.97 Å². The lowest BCUT2D eigenvalue weighted by Gasteiger charge is -2.25. The van der Waals surface area contributed by atoms with Crippen LogP contribution in [0.5, 0.6) is 11.5 Å². The maximum absolute atomic E-state index is 13.3. The van der Waals surface area contributed by atoms with Crippen LogP contribution in [0.25, 0.3) is 0 Å². The Kier molecular flexibility index (Phi) is 7.06. The zero-order valence-electron chi connectivity index (χ0n) is 15.5. The van der Waals surface area contributed by atoms with Crippen LogP contribution < -0.4 is 13.8 Å². The van der Waals surface area contributed by atoms with E-state index in [0.717, 1.165) is 4.31 Å². The second-order valence-corrected chi connectivity index (χ2v) is 7.26. The third-order valence-electron chi connectivity index (χ3n) is 3.66. The second-order valence-electron chi connectivity index (χ2n) is 5.39. The van der Waals surface area contributed by atoms with Crippen LogP contribution in [-0.2, 0) is 19.6 Å². The van der Waals surface area contributed by atoms with Crippen molar-refractivity contribution in [2.45, 2.75) is 18.7 Å². The van der Waals surface area contributed by atoms with E-state index in [1.807, 2.05) is 0 Å². The largest absolute Gasteiger partial charge is 0.497 e. The summed E-state index contributed by atoms with van der Waals surface area (Å²) < 4.78 is 43.1. The lowest BCUT2D eigenvalue weighted by Crippen LogP contribution is -2.37. The maximum atomic E-state index is 13.3. The van der Waals surface area contributed by atoms with Crippen molar-refractivity contribution in [3.63, 3.8) is 0 Å². The summed E-state index contributed by atoms with van der Waals surface area (Å²) in [5.41, 5.74) is 0.267. The van der Waals surface area contributed by atoms with Crippen LogP contribution >= 0.6 is 0 Å². The zero-order chi connectivity index (χ0) is 19.9. The predicted octanol–water partition coefficient (Wildman–Crippen LogP) is 2.85. The molecule has 0 amide bonds. The molecule has 0 atom stereocenters. The number of carbonyl (C=O) groups is 1. The number of hydrogen-bond acceptors (Lipinski definition) is 6. The van der Waals surface area contributed by atoms with Crippen molar-refractivity contribution in [3.05, 3.63) is 48.5 Å². The van der Waals surface area contributed by atoms with Gasteiger partial charge in [0.1, 0.15) is 18.0 Å². The van der Waals surface area contributed by atoms with E-state index in [1.165, 1.54) is 19.2 Å². The minimum atomic E-state index is -4.04. The Morgan fingerprint density at radius 1 is 1.00 bits per heavy atom. The van der Waals surface area contributed by atoms with Crippen molar-refractivity contribution in [1.82, 2.24) is 0 Å². The summed E-state index contributed by atoms with van der Waals surface area (Å²) in [4.78, 5) is 12.1. The highest BCUT2D eigenvalue weighted by atomic mass is 32.2. The summed E-state index contributed by atoms with van der Waals surface area (Å²) >= 11 is 0. The van der Waals surface area contributed by atoms with Gasteiger partial charge < -0.3 is 14.2 Å². The molecule has 0 aliphatic carbocycles. The third-order valence-corrected chi connectivity index (χ3v) is 5.43. The lowest BCUT2D eigenvalue weighted by molar-refractivity contribution is -0.141. The van der Waals surface area contributed by atoms with Gasteiger partial charge in [0.05, 0.1) is 30.9 Å². The lowest BCUT2D eigenvalue weighted by atomic mass is 10.3. The summed E-state index contributed by atoms with van der Waals surface area (Å²) in [6.45, 7) is 3.50. The van der Waals surface area contributed by atoms with E-state index in [9.17, 15) is 13.2 Å². The molecule has 7 nitrogen and oxygen atoms in total.